The van der Waals surface area contributed by atoms with E-state index in [2.05, 4.69) is 142 Å². The molecule has 0 aliphatic carbocycles. The number of nitrogens with one attached hydrogen (secondary N) is 7. The Balaban J connectivity index is 1.15. The van der Waals surface area contributed by atoms with Crippen molar-refractivity contribution in [2.45, 2.75) is 33.2 Å². The second-order valence-corrected chi connectivity index (χ2v) is 10.9. The van der Waals surface area contributed by atoms with Gasteiger partial charge < -0.3 is 32.4 Å². The lowest BCUT2D eigenvalue weighted by molar-refractivity contribution is 0.765. The molecule has 1 unspecified atom stereocenters. The van der Waals surface area contributed by atoms with Crippen LogP contribution in [-0.4, -0.2) is 11.0 Å². The monoisotopic (exact) mass is 582 g/mol. The number of aryl methyl sites for hydroxylation is 1. The van der Waals surface area contributed by atoms with E-state index in [1.54, 1.807) is 12.4 Å². The van der Waals surface area contributed by atoms with Crippen LogP contribution in [0.2, 0.25) is 0 Å². The molecule has 1 atom stereocenters. The van der Waals surface area contributed by atoms with Crippen molar-refractivity contribution >= 4 is 61.4 Å². The molecular formula is C36H38N8. The van der Waals surface area contributed by atoms with Crippen LogP contribution in [0, 0.1) is 6.92 Å². The lowest BCUT2D eigenvalue weighted by Gasteiger charge is -2.19. The van der Waals surface area contributed by atoms with E-state index >= 15 is 0 Å². The smallest absolute Gasteiger partial charge is 0.0723 e. The molecule has 0 amide bonds. The molecule has 0 bridgehead atoms. The van der Waals surface area contributed by atoms with E-state index in [4.69, 9.17) is 0 Å². The van der Waals surface area contributed by atoms with Gasteiger partial charge in [0.15, 0.2) is 0 Å². The predicted molar refractivity (Wildman–Crippen MR) is 188 cm³/mol. The molecular weight excluding hydrogens is 544 g/mol. The Bertz CT molecular complexity index is 1870. The minimum Gasteiger partial charge on any atom is -0.382 e. The zero-order valence-electron chi connectivity index (χ0n) is 25.2. The third kappa shape index (κ3) is 6.39. The molecule has 0 saturated heterocycles. The van der Waals surface area contributed by atoms with E-state index in [9.17, 15) is 0 Å². The van der Waals surface area contributed by atoms with Crippen molar-refractivity contribution in [1.29, 1.82) is 0 Å². The van der Waals surface area contributed by atoms with Crippen molar-refractivity contribution in [3.8, 4) is 0 Å². The third-order valence-electron chi connectivity index (χ3n) is 7.77. The number of hydrazine groups is 3. The molecule has 0 saturated carbocycles. The van der Waals surface area contributed by atoms with Crippen LogP contribution in [0.3, 0.4) is 0 Å². The van der Waals surface area contributed by atoms with Crippen molar-refractivity contribution in [3.63, 3.8) is 0 Å². The van der Waals surface area contributed by atoms with Crippen molar-refractivity contribution in [3.05, 3.63) is 121 Å². The molecule has 6 rings (SSSR count). The maximum atomic E-state index is 4.13. The van der Waals surface area contributed by atoms with Gasteiger partial charge in [-0.25, -0.2) is 0 Å². The topological polar surface area (TPSA) is 97.1 Å². The van der Waals surface area contributed by atoms with Crippen molar-refractivity contribution < 1.29 is 0 Å². The summed E-state index contributed by atoms with van der Waals surface area (Å²) in [6.07, 6.45) is 4.59. The van der Waals surface area contributed by atoms with Crippen molar-refractivity contribution in [1.82, 2.24) is 4.98 Å². The summed E-state index contributed by atoms with van der Waals surface area (Å²) in [6, 6.07) is 35.7. The van der Waals surface area contributed by atoms with E-state index in [1.807, 2.05) is 24.3 Å². The Kier molecular flexibility index (Phi) is 8.50. The summed E-state index contributed by atoms with van der Waals surface area (Å²) in [4.78, 5) is 4.13. The van der Waals surface area contributed by atoms with Crippen LogP contribution in [0.1, 0.15) is 25.8 Å². The second-order valence-electron chi connectivity index (χ2n) is 10.9. The lowest BCUT2D eigenvalue weighted by Crippen LogP contribution is -2.14. The predicted octanol–water partition coefficient (Wildman–Crippen LogP) is 9.22. The quantitative estimate of drug-likeness (QED) is 0.0718. The molecule has 1 heterocycles. The van der Waals surface area contributed by atoms with Gasteiger partial charge in [-0.3, -0.25) is 10.4 Å². The van der Waals surface area contributed by atoms with E-state index in [0.29, 0.717) is 6.04 Å². The molecule has 7 N–H and O–H groups in total. The van der Waals surface area contributed by atoms with Gasteiger partial charge in [0.1, 0.15) is 0 Å². The molecule has 8 nitrogen and oxygen atoms in total. The first-order valence-corrected chi connectivity index (χ1v) is 15.0. The molecule has 0 aliphatic heterocycles. The number of nitrogens with zero attached hydrogens (tertiary/aromatic N) is 1. The molecule has 222 valence electrons. The van der Waals surface area contributed by atoms with Crippen LogP contribution in [0.4, 0.5) is 39.8 Å². The van der Waals surface area contributed by atoms with Crippen LogP contribution in [0.25, 0.3) is 21.5 Å². The fourth-order valence-electron chi connectivity index (χ4n) is 5.15. The second kappa shape index (κ2) is 13.1. The maximum absolute atomic E-state index is 4.13. The van der Waals surface area contributed by atoms with Crippen LogP contribution in [0.5, 0.6) is 0 Å². The summed E-state index contributed by atoms with van der Waals surface area (Å²) in [5.41, 5.74) is 28.2. The van der Waals surface area contributed by atoms with Gasteiger partial charge >= 0.3 is 0 Å². The molecule has 8 heteroatoms. The normalized spacial score (nSPS) is 11.5. The summed E-state index contributed by atoms with van der Waals surface area (Å²) in [7, 11) is 0. The van der Waals surface area contributed by atoms with Crippen LogP contribution >= 0.6 is 0 Å². The first kappa shape index (κ1) is 28.5. The van der Waals surface area contributed by atoms with E-state index in [-0.39, 0.29) is 0 Å². The molecule has 0 fully saturated rings. The van der Waals surface area contributed by atoms with Crippen LogP contribution in [-0.2, 0) is 0 Å². The fourth-order valence-corrected chi connectivity index (χ4v) is 5.15. The van der Waals surface area contributed by atoms with E-state index in [0.717, 1.165) is 68.0 Å². The Morgan fingerprint density at radius 2 is 1.05 bits per heavy atom. The molecule has 44 heavy (non-hydrogen) atoms. The highest BCUT2D eigenvalue weighted by atomic mass is 15.4. The Morgan fingerprint density at radius 1 is 0.545 bits per heavy atom. The summed E-state index contributed by atoms with van der Waals surface area (Å²) in [6.45, 7) is 6.47. The average molecular weight is 583 g/mol. The molecule has 0 spiro atoms. The minimum atomic E-state index is 0.406. The number of hydrogen-bond acceptors (Lipinski definition) is 8. The number of rotatable bonds is 12. The average Bonchev–Trinajstić information content (AvgIpc) is 3.07. The first-order chi connectivity index (χ1) is 21.6. The number of hydrogen-bond donors (Lipinski definition) is 7. The van der Waals surface area contributed by atoms with Gasteiger partial charge in [0.05, 0.1) is 40.3 Å². The zero-order chi connectivity index (χ0) is 30.3. The number of benzene rings is 5. The lowest BCUT2D eigenvalue weighted by atomic mass is 10.1. The highest BCUT2D eigenvalue weighted by molar-refractivity contribution is 6.04. The SMILES string of the molecule is CCC(C)Nc1ccc(NNc2ccc(NNc3ccc(NNc4cccnc4)c(C)c3)c3ccccc23)c2ccccc12. The van der Waals surface area contributed by atoms with E-state index < -0.39 is 0 Å². The highest BCUT2D eigenvalue weighted by Gasteiger charge is 2.10. The van der Waals surface area contributed by atoms with Crippen LogP contribution < -0.4 is 37.9 Å². The number of fused-ring (bicyclic) bond motifs is 2. The van der Waals surface area contributed by atoms with Gasteiger partial charge in [0.2, 0.25) is 0 Å². The van der Waals surface area contributed by atoms with Gasteiger partial charge in [-0.05, 0) is 80.4 Å². The number of anilines is 7. The molecule has 0 radical (unpaired) electrons. The molecule has 6 aromatic rings. The fraction of sp³-hybridized carbons (Fsp3) is 0.139. The molecule has 0 aliphatic rings. The van der Waals surface area contributed by atoms with Gasteiger partial charge in [-0.2, -0.15) is 0 Å². The Labute approximate surface area is 258 Å². The summed E-state index contributed by atoms with van der Waals surface area (Å²) < 4.78 is 0. The molecule has 1 aromatic heterocycles. The number of aromatic nitrogens is 1. The van der Waals surface area contributed by atoms with E-state index in [1.165, 1.54) is 5.39 Å². The van der Waals surface area contributed by atoms with Crippen molar-refractivity contribution in [2.24, 2.45) is 0 Å². The third-order valence-corrected chi connectivity index (χ3v) is 7.77. The summed E-state index contributed by atoms with van der Waals surface area (Å²) in [5.74, 6) is 0. The maximum Gasteiger partial charge on any atom is 0.0723 e. The minimum absolute atomic E-state index is 0.406. The Morgan fingerprint density at radius 3 is 1.59 bits per heavy atom. The molecule has 5 aromatic carbocycles. The summed E-state index contributed by atoms with van der Waals surface area (Å²) in [5, 5.41) is 8.19. The first-order valence-electron chi connectivity index (χ1n) is 15.0. The van der Waals surface area contributed by atoms with Gasteiger partial charge in [-0.15, -0.1) is 0 Å². The zero-order valence-corrected chi connectivity index (χ0v) is 25.2. The Hall–Kier alpha value is -5.63. The summed E-state index contributed by atoms with van der Waals surface area (Å²) >= 11 is 0. The largest absolute Gasteiger partial charge is 0.382 e. The number of pyridine rings is 1. The standard InChI is InChI=1S/C36H38N8/c1-4-25(3)38-33-17-18-35(29-12-6-5-11-28(29)33)43-44-36-20-19-34(30-13-7-8-14-31(30)36)42-39-26-15-16-32(24(2)22-26)41-40-27-10-9-21-37-23-27/h5-23,25,38-44H,4H2,1-3H3. The van der Waals surface area contributed by atoms with Crippen LogP contribution in [0.15, 0.2) is 116 Å². The van der Waals surface area contributed by atoms with Gasteiger partial charge in [0, 0.05) is 39.5 Å². The van der Waals surface area contributed by atoms with Crippen molar-refractivity contribution in [2.75, 3.05) is 37.9 Å². The van der Waals surface area contributed by atoms with Gasteiger partial charge in [-0.1, -0.05) is 55.5 Å². The highest BCUT2D eigenvalue weighted by Crippen LogP contribution is 2.33. The van der Waals surface area contributed by atoms with Gasteiger partial charge in [0.25, 0.3) is 0 Å².